The summed E-state index contributed by atoms with van der Waals surface area (Å²) in [7, 11) is -2.71. The third-order valence-electron chi connectivity index (χ3n) is 2.94. The molecule has 0 amide bonds. The second kappa shape index (κ2) is 7.11. The van der Waals surface area contributed by atoms with Gasteiger partial charge in [-0.1, -0.05) is 18.5 Å². The van der Waals surface area contributed by atoms with Crippen LogP contribution in [0.3, 0.4) is 0 Å². The molecule has 0 spiro atoms. The van der Waals surface area contributed by atoms with Gasteiger partial charge in [-0.25, -0.2) is 8.42 Å². The van der Waals surface area contributed by atoms with Gasteiger partial charge in [-0.15, -0.1) is 0 Å². The summed E-state index contributed by atoms with van der Waals surface area (Å²) in [4.78, 5) is 11.3. The lowest BCUT2D eigenvalue weighted by molar-refractivity contribution is -0.140. The van der Waals surface area contributed by atoms with Gasteiger partial charge in [-0.05, 0) is 31.0 Å². The maximum absolute atomic E-state index is 12.6. The fourth-order valence-electron chi connectivity index (χ4n) is 1.75. The summed E-state index contributed by atoms with van der Waals surface area (Å²) in [5.41, 5.74) is 6.77. The minimum absolute atomic E-state index is 0.0765. The summed E-state index contributed by atoms with van der Waals surface area (Å²) in [5.74, 6) is -0.636. The lowest BCUT2D eigenvalue weighted by Crippen LogP contribution is -2.37. The molecule has 2 N–H and O–H groups in total. The van der Waals surface area contributed by atoms with E-state index in [1.54, 1.807) is 6.92 Å². The molecule has 0 aromatic heterocycles. The zero-order valence-corrected chi connectivity index (χ0v) is 13.8. The van der Waals surface area contributed by atoms with Crippen LogP contribution in [-0.2, 0) is 19.6 Å². The number of esters is 1. The number of aryl methyl sites for hydroxylation is 1. The number of hydrogen-bond acceptors (Lipinski definition) is 5. The number of nitrogens with two attached hydrogens (primary N) is 1. The van der Waals surface area contributed by atoms with E-state index in [0.717, 1.165) is 4.31 Å². The highest BCUT2D eigenvalue weighted by Gasteiger charge is 2.28. The van der Waals surface area contributed by atoms with Crippen molar-refractivity contribution in [1.29, 1.82) is 0 Å². The minimum atomic E-state index is -3.92. The van der Waals surface area contributed by atoms with Crippen LogP contribution in [0.25, 0.3) is 0 Å². The van der Waals surface area contributed by atoms with Crippen molar-refractivity contribution in [3.63, 3.8) is 0 Å². The lowest BCUT2D eigenvalue weighted by Gasteiger charge is -2.21. The molecule has 0 unspecified atom stereocenters. The van der Waals surface area contributed by atoms with Crippen molar-refractivity contribution in [1.82, 2.24) is 4.31 Å². The average molecular weight is 335 g/mol. The average Bonchev–Trinajstić information content (AvgIpc) is 2.41. The molecule has 0 bridgehead atoms. The first-order valence-electron chi connectivity index (χ1n) is 6.36. The Balaban J connectivity index is 3.28. The van der Waals surface area contributed by atoms with Crippen LogP contribution in [0.15, 0.2) is 17.0 Å². The highest BCUT2D eigenvalue weighted by molar-refractivity contribution is 7.89. The molecule has 0 fully saturated rings. The zero-order chi connectivity index (χ0) is 16.2. The van der Waals surface area contributed by atoms with E-state index >= 15 is 0 Å². The fraction of sp³-hybridized carbons (Fsp3) is 0.462. The van der Waals surface area contributed by atoms with Crippen molar-refractivity contribution in [3.8, 4) is 0 Å². The Morgan fingerprint density at radius 1 is 1.43 bits per heavy atom. The molecule has 8 heteroatoms. The largest absolute Gasteiger partial charge is 0.468 e. The smallest absolute Gasteiger partial charge is 0.321 e. The molecular formula is C13H19ClN2O4S. The van der Waals surface area contributed by atoms with E-state index in [-0.39, 0.29) is 23.0 Å². The van der Waals surface area contributed by atoms with Crippen LogP contribution in [0.5, 0.6) is 0 Å². The number of ether oxygens (including phenoxy) is 1. The highest BCUT2D eigenvalue weighted by atomic mass is 35.5. The van der Waals surface area contributed by atoms with Crippen LogP contribution in [0.2, 0.25) is 5.02 Å². The normalized spacial score (nSPS) is 11.7. The molecule has 0 atom stereocenters. The van der Waals surface area contributed by atoms with Crippen LogP contribution in [0, 0.1) is 6.92 Å². The summed E-state index contributed by atoms with van der Waals surface area (Å²) in [6.45, 7) is 3.36. The number of carbonyl (C=O) groups is 1. The number of carbonyl (C=O) groups excluding carboxylic acids is 1. The molecule has 118 valence electrons. The van der Waals surface area contributed by atoms with Crippen LogP contribution in [0.4, 0.5) is 5.69 Å². The molecule has 1 aromatic rings. The van der Waals surface area contributed by atoms with E-state index < -0.39 is 16.0 Å². The Bertz CT molecular complexity index is 631. The van der Waals surface area contributed by atoms with Gasteiger partial charge in [0.1, 0.15) is 11.4 Å². The Hall–Kier alpha value is -1.31. The summed E-state index contributed by atoms with van der Waals surface area (Å²) < 4.78 is 30.8. The van der Waals surface area contributed by atoms with Crippen LogP contribution in [-0.4, -0.2) is 38.9 Å². The van der Waals surface area contributed by atoms with Crippen LogP contribution in [0.1, 0.15) is 18.9 Å². The first-order valence-corrected chi connectivity index (χ1v) is 8.18. The van der Waals surface area contributed by atoms with Gasteiger partial charge in [0.15, 0.2) is 0 Å². The van der Waals surface area contributed by atoms with Crippen LogP contribution < -0.4 is 5.73 Å². The number of hydrogen-bond donors (Lipinski definition) is 1. The molecule has 21 heavy (non-hydrogen) atoms. The van der Waals surface area contributed by atoms with E-state index in [1.165, 1.54) is 19.2 Å². The molecule has 0 saturated carbocycles. The topological polar surface area (TPSA) is 89.7 Å². The summed E-state index contributed by atoms with van der Waals surface area (Å²) >= 11 is 6.02. The van der Waals surface area contributed by atoms with Gasteiger partial charge in [0.2, 0.25) is 10.0 Å². The van der Waals surface area contributed by atoms with Crippen LogP contribution >= 0.6 is 11.6 Å². The monoisotopic (exact) mass is 334 g/mol. The van der Waals surface area contributed by atoms with Crippen molar-refractivity contribution in [3.05, 3.63) is 22.7 Å². The second-order valence-corrected chi connectivity index (χ2v) is 6.87. The maximum Gasteiger partial charge on any atom is 0.321 e. The Labute approximate surface area is 129 Å². The van der Waals surface area contributed by atoms with E-state index in [0.29, 0.717) is 17.7 Å². The third-order valence-corrected chi connectivity index (χ3v) is 5.25. The summed E-state index contributed by atoms with van der Waals surface area (Å²) in [6, 6.07) is 2.80. The van der Waals surface area contributed by atoms with E-state index in [2.05, 4.69) is 4.74 Å². The van der Waals surface area contributed by atoms with Crippen molar-refractivity contribution in [2.45, 2.75) is 25.2 Å². The Morgan fingerprint density at radius 2 is 2.05 bits per heavy atom. The van der Waals surface area contributed by atoms with Gasteiger partial charge < -0.3 is 10.5 Å². The van der Waals surface area contributed by atoms with Crippen molar-refractivity contribution in [2.24, 2.45) is 0 Å². The molecule has 0 heterocycles. The Kier molecular flexibility index (Phi) is 6.00. The van der Waals surface area contributed by atoms with Crippen molar-refractivity contribution in [2.75, 3.05) is 25.9 Å². The van der Waals surface area contributed by atoms with E-state index in [9.17, 15) is 13.2 Å². The van der Waals surface area contributed by atoms with Gasteiger partial charge >= 0.3 is 5.97 Å². The second-order valence-electron chi connectivity index (χ2n) is 4.55. The minimum Gasteiger partial charge on any atom is -0.468 e. The number of halogens is 1. The van der Waals surface area contributed by atoms with Crippen molar-refractivity contribution < 1.29 is 17.9 Å². The first kappa shape index (κ1) is 17.7. The maximum atomic E-state index is 12.6. The summed E-state index contributed by atoms with van der Waals surface area (Å²) in [5, 5.41) is 0.0765. The SMILES string of the molecule is CCCN(CC(=O)OC)S(=O)(=O)c1cc(N)c(C)cc1Cl. The number of anilines is 1. The van der Waals surface area contributed by atoms with Gasteiger partial charge in [-0.2, -0.15) is 4.31 Å². The van der Waals surface area contributed by atoms with E-state index in [1.807, 2.05) is 6.92 Å². The number of nitrogen functional groups attached to an aromatic ring is 1. The van der Waals surface area contributed by atoms with Gasteiger partial charge in [0, 0.05) is 12.2 Å². The fourth-order valence-corrected chi connectivity index (χ4v) is 3.82. The highest BCUT2D eigenvalue weighted by Crippen LogP contribution is 2.29. The van der Waals surface area contributed by atoms with Gasteiger partial charge in [0.05, 0.1) is 12.1 Å². The van der Waals surface area contributed by atoms with Gasteiger partial charge in [0.25, 0.3) is 0 Å². The molecule has 1 aromatic carbocycles. The molecule has 6 nitrogen and oxygen atoms in total. The number of sulfonamides is 1. The number of benzene rings is 1. The third kappa shape index (κ3) is 4.09. The predicted molar refractivity (Wildman–Crippen MR) is 81.7 cm³/mol. The standard InChI is InChI=1S/C13H19ClN2O4S/c1-4-5-16(8-13(17)20-3)21(18,19)12-7-11(15)9(2)6-10(12)14/h6-7H,4-5,8,15H2,1-3H3. The Morgan fingerprint density at radius 3 is 2.57 bits per heavy atom. The number of rotatable bonds is 6. The molecule has 0 aliphatic carbocycles. The molecular weight excluding hydrogens is 316 g/mol. The predicted octanol–water partition coefficient (Wildman–Crippen LogP) is 1.80. The quantitative estimate of drug-likeness (QED) is 0.633. The number of methoxy groups -OCH3 is 1. The van der Waals surface area contributed by atoms with Crippen molar-refractivity contribution >= 4 is 33.3 Å². The first-order chi connectivity index (χ1) is 9.73. The summed E-state index contributed by atoms with van der Waals surface area (Å²) in [6.07, 6.45) is 0.551. The van der Waals surface area contributed by atoms with E-state index in [4.69, 9.17) is 17.3 Å². The molecule has 0 aliphatic heterocycles. The molecule has 0 saturated heterocycles. The molecule has 0 aliphatic rings. The van der Waals surface area contributed by atoms with Gasteiger partial charge in [-0.3, -0.25) is 4.79 Å². The zero-order valence-electron chi connectivity index (χ0n) is 12.2. The molecule has 0 radical (unpaired) electrons. The molecule has 1 rings (SSSR count). The lowest BCUT2D eigenvalue weighted by atomic mass is 10.2. The number of nitrogens with zero attached hydrogens (tertiary/aromatic N) is 1.